The predicted molar refractivity (Wildman–Crippen MR) is 138 cm³/mol. The number of carbonyl (C=O) groups is 1. The van der Waals surface area contributed by atoms with Crippen molar-refractivity contribution in [2.24, 2.45) is 5.16 Å². The number of aromatic nitrogens is 3. The third-order valence-electron chi connectivity index (χ3n) is 6.80. The Kier molecular flexibility index (Phi) is 8.53. The number of rotatable bonds is 9. The van der Waals surface area contributed by atoms with Gasteiger partial charge in [0, 0.05) is 18.3 Å². The third kappa shape index (κ3) is 6.04. The second-order valence-corrected chi connectivity index (χ2v) is 10.3. The van der Waals surface area contributed by atoms with E-state index < -0.39 is 54.7 Å². The van der Waals surface area contributed by atoms with E-state index in [0.717, 1.165) is 6.42 Å². The molecular formula is C27H24F5N5O3S. The highest BCUT2D eigenvalue weighted by Crippen LogP contribution is 2.38. The van der Waals surface area contributed by atoms with E-state index in [0.29, 0.717) is 46.5 Å². The molecule has 0 radical (unpaired) electrons. The number of oxime groups is 1. The van der Waals surface area contributed by atoms with Gasteiger partial charge in [-0.25, -0.2) is 26.9 Å². The van der Waals surface area contributed by atoms with Gasteiger partial charge in [0.1, 0.15) is 46.8 Å². The van der Waals surface area contributed by atoms with E-state index in [2.05, 4.69) is 21.2 Å². The molecule has 5 rings (SSSR count). The van der Waals surface area contributed by atoms with Crippen LogP contribution in [0.2, 0.25) is 0 Å². The summed E-state index contributed by atoms with van der Waals surface area (Å²) in [5.74, 6) is 1.54. The first-order chi connectivity index (χ1) is 19.8. The predicted octanol–water partition coefficient (Wildman–Crippen LogP) is 5.99. The minimum atomic E-state index is -3.07. The molecule has 14 heteroatoms. The van der Waals surface area contributed by atoms with Gasteiger partial charge >= 0.3 is 0 Å². The fraction of sp³-hybridized carbons (Fsp3) is 0.407. The number of thiazole rings is 1. The van der Waals surface area contributed by atoms with E-state index in [1.54, 1.807) is 11.4 Å². The molecule has 0 N–H and O–H groups in total. The molecule has 3 aromatic rings. The minimum Gasteiger partial charge on any atom is -0.480 e. The smallest absolute Gasteiger partial charge is 0.282 e. The van der Waals surface area contributed by atoms with E-state index in [1.165, 1.54) is 28.4 Å². The van der Waals surface area contributed by atoms with Crippen LogP contribution in [0.15, 0.2) is 34.8 Å². The standard InChI is InChI=1S/C27H24F5N5O3S/c1-2-10-39-21-8-5-6-15(28)24(21)22-12-16(35-40-22)18-14-41-27(33-18)19-7-3-4-9-36(19)23(38)13-37-20(26(31)32)11-17(34-37)25(29)30/h1,5-6,8,11,14,19,22,25-26H,3-4,7,9-10,12-13H2. The highest BCUT2D eigenvalue weighted by atomic mass is 32.1. The minimum absolute atomic E-state index is 0.0415. The molecule has 2 atom stereocenters. The molecule has 0 bridgehead atoms. The van der Waals surface area contributed by atoms with Crippen LogP contribution in [0, 0.1) is 18.2 Å². The highest BCUT2D eigenvalue weighted by molar-refractivity contribution is 7.10. The zero-order valence-corrected chi connectivity index (χ0v) is 22.3. The second-order valence-electron chi connectivity index (χ2n) is 9.40. The van der Waals surface area contributed by atoms with E-state index in [4.69, 9.17) is 16.0 Å². The van der Waals surface area contributed by atoms with Crippen LogP contribution in [0.1, 0.15) is 78.3 Å². The summed E-state index contributed by atoms with van der Waals surface area (Å²) in [6, 6.07) is 4.56. The third-order valence-corrected chi connectivity index (χ3v) is 7.75. The summed E-state index contributed by atoms with van der Waals surface area (Å²) >= 11 is 1.30. The fourth-order valence-electron chi connectivity index (χ4n) is 4.90. The van der Waals surface area contributed by atoms with Crippen molar-refractivity contribution in [1.29, 1.82) is 0 Å². The summed E-state index contributed by atoms with van der Waals surface area (Å²) in [6.07, 6.45) is 0.697. The van der Waals surface area contributed by atoms with Crippen LogP contribution in [0.4, 0.5) is 22.0 Å². The molecule has 1 saturated heterocycles. The van der Waals surface area contributed by atoms with Gasteiger partial charge < -0.3 is 14.5 Å². The number of terminal acetylenes is 1. The largest absolute Gasteiger partial charge is 0.480 e. The van der Waals surface area contributed by atoms with Crippen LogP contribution in [0.5, 0.6) is 5.75 Å². The lowest BCUT2D eigenvalue weighted by Crippen LogP contribution is -2.40. The Morgan fingerprint density at radius 2 is 2.07 bits per heavy atom. The van der Waals surface area contributed by atoms with E-state index in [-0.39, 0.29) is 24.3 Å². The number of ether oxygens (including phenoxy) is 1. The number of alkyl halides is 4. The number of amides is 1. The molecule has 2 aliphatic rings. The maximum Gasteiger partial charge on any atom is 0.282 e. The number of carbonyl (C=O) groups excluding carboxylic acids is 1. The molecule has 0 saturated carbocycles. The molecule has 8 nitrogen and oxygen atoms in total. The van der Waals surface area contributed by atoms with Crippen molar-refractivity contribution in [3.05, 3.63) is 63.1 Å². The summed E-state index contributed by atoms with van der Waals surface area (Å²) in [5, 5.41) is 10.0. The normalized spacial score (nSPS) is 18.9. The quantitative estimate of drug-likeness (QED) is 0.225. The summed E-state index contributed by atoms with van der Waals surface area (Å²) in [4.78, 5) is 24.9. The lowest BCUT2D eigenvalue weighted by molar-refractivity contribution is -0.136. The Balaban J connectivity index is 1.31. The summed E-state index contributed by atoms with van der Waals surface area (Å²) < 4.78 is 73.8. The van der Waals surface area contributed by atoms with Gasteiger partial charge in [0.25, 0.3) is 12.9 Å². The van der Waals surface area contributed by atoms with Gasteiger partial charge in [-0.1, -0.05) is 17.1 Å². The van der Waals surface area contributed by atoms with Crippen LogP contribution in [-0.4, -0.2) is 44.4 Å². The van der Waals surface area contributed by atoms with Crippen LogP contribution in [0.25, 0.3) is 0 Å². The molecule has 2 unspecified atom stereocenters. The Morgan fingerprint density at radius 1 is 1.24 bits per heavy atom. The van der Waals surface area contributed by atoms with Gasteiger partial charge in [-0.05, 0) is 37.5 Å². The van der Waals surface area contributed by atoms with E-state index >= 15 is 0 Å². The Bertz CT molecular complexity index is 1480. The van der Waals surface area contributed by atoms with Crippen LogP contribution in [-0.2, 0) is 16.2 Å². The van der Waals surface area contributed by atoms with Gasteiger partial charge in [0.15, 0.2) is 6.10 Å². The van der Waals surface area contributed by atoms with Crippen molar-refractivity contribution in [1.82, 2.24) is 19.7 Å². The molecule has 4 heterocycles. The number of halogens is 5. The lowest BCUT2D eigenvalue weighted by atomic mass is 10.0. The average molecular weight is 594 g/mol. The van der Waals surface area contributed by atoms with Gasteiger partial charge in [-0.3, -0.25) is 9.48 Å². The number of nitrogens with zero attached hydrogens (tertiary/aromatic N) is 5. The molecule has 216 valence electrons. The molecular weight excluding hydrogens is 569 g/mol. The van der Waals surface area contributed by atoms with Crippen LogP contribution in [0.3, 0.4) is 0 Å². The fourth-order valence-corrected chi connectivity index (χ4v) is 5.87. The van der Waals surface area contributed by atoms with Crippen LogP contribution < -0.4 is 4.74 Å². The van der Waals surface area contributed by atoms with E-state index in [1.807, 2.05) is 0 Å². The van der Waals surface area contributed by atoms with Gasteiger partial charge in [0.05, 0.1) is 17.3 Å². The SMILES string of the molecule is C#CCOc1cccc(F)c1C1CC(c2csc(C3CCCCN3C(=O)Cn3nc(C(F)F)cc3C(F)F)n2)=NO1. The number of hydrogen-bond donors (Lipinski definition) is 0. The molecule has 2 aliphatic heterocycles. The average Bonchev–Trinajstić information content (AvgIpc) is 3.72. The van der Waals surface area contributed by atoms with Crippen LogP contribution >= 0.6 is 11.3 Å². The van der Waals surface area contributed by atoms with E-state index in [9.17, 15) is 26.7 Å². The maximum atomic E-state index is 14.7. The zero-order chi connectivity index (χ0) is 29.1. The molecule has 2 aromatic heterocycles. The number of likely N-dealkylation sites (tertiary alicyclic amines) is 1. The summed E-state index contributed by atoms with van der Waals surface area (Å²) in [6.45, 7) is -0.290. The molecule has 41 heavy (non-hydrogen) atoms. The first-order valence-electron chi connectivity index (χ1n) is 12.7. The maximum absolute atomic E-state index is 14.7. The number of piperidine rings is 1. The highest BCUT2D eigenvalue weighted by Gasteiger charge is 2.34. The van der Waals surface area contributed by atoms with Crippen molar-refractivity contribution in [3.63, 3.8) is 0 Å². The number of hydrogen-bond acceptors (Lipinski definition) is 7. The van der Waals surface area contributed by atoms with Crippen molar-refractivity contribution in [3.8, 4) is 18.1 Å². The van der Waals surface area contributed by atoms with Gasteiger partial charge in [-0.2, -0.15) is 5.10 Å². The zero-order valence-electron chi connectivity index (χ0n) is 21.5. The first kappa shape index (κ1) is 28.5. The summed E-state index contributed by atoms with van der Waals surface area (Å²) in [5.41, 5.74) is -0.375. The second kappa shape index (κ2) is 12.3. The lowest BCUT2D eigenvalue weighted by Gasteiger charge is -2.34. The van der Waals surface area contributed by atoms with Crippen molar-refractivity contribution >= 4 is 23.0 Å². The summed E-state index contributed by atoms with van der Waals surface area (Å²) in [7, 11) is 0. The number of benzene rings is 1. The van der Waals surface area contributed by atoms with Gasteiger partial charge in [-0.15, -0.1) is 17.8 Å². The monoisotopic (exact) mass is 593 g/mol. The van der Waals surface area contributed by atoms with Crippen molar-refractivity contribution < 1.29 is 36.3 Å². The molecule has 1 amide bonds. The van der Waals surface area contributed by atoms with Crippen molar-refractivity contribution in [2.45, 2.75) is 57.2 Å². The first-order valence-corrected chi connectivity index (χ1v) is 13.6. The van der Waals surface area contributed by atoms with Gasteiger partial charge in [0.2, 0.25) is 5.91 Å². The molecule has 1 fully saturated rings. The molecule has 0 aliphatic carbocycles. The Morgan fingerprint density at radius 3 is 2.83 bits per heavy atom. The Hall–Kier alpha value is -3.99. The molecule has 0 spiro atoms. The topological polar surface area (TPSA) is 81.8 Å². The molecule has 1 aromatic carbocycles. The van der Waals surface area contributed by atoms with Crippen molar-refractivity contribution in [2.75, 3.05) is 13.2 Å². The Labute approximate surface area is 235 Å².